The minimum absolute atomic E-state index is 0.397. The second kappa shape index (κ2) is 5.35. The summed E-state index contributed by atoms with van der Waals surface area (Å²) >= 11 is 0. The quantitative estimate of drug-likeness (QED) is 0.794. The zero-order valence-corrected chi connectivity index (χ0v) is 10.2. The fourth-order valence-electron chi connectivity index (χ4n) is 2.00. The number of hydrogen-bond donors (Lipinski definition) is 1. The molecule has 0 spiro atoms. The van der Waals surface area contributed by atoms with Gasteiger partial charge in [0.05, 0.1) is 0 Å². The third kappa shape index (κ3) is 2.99. The van der Waals surface area contributed by atoms with E-state index in [-0.39, 0.29) is 0 Å². The molecule has 0 radical (unpaired) electrons. The van der Waals surface area contributed by atoms with Crippen LogP contribution in [0.15, 0.2) is 24.3 Å². The van der Waals surface area contributed by atoms with Crippen molar-refractivity contribution in [3.05, 3.63) is 29.8 Å². The minimum Gasteiger partial charge on any atom is -0.490 e. The van der Waals surface area contributed by atoms with Crippen LogP contribution in [0.25, 0.3) is 0 Å². The summed E-state index contributed by atoms with van der Waals surface area (Å²) in [5.41, 5.74) is 1.23. The maximum atomic E-state index is 6.13. The molecule has 0 aliphatic heterocycles. The zero-order valence-electron chi connectivity index (χ0n) is 10.2. The van der Waals surface area contributed by atoms with Crippen molar-refractivity contribution in [1.82, 2.24) is 5.32 Å². The predicted molar refractivity (Wildman–Crippen MR) is 66.9 cm³/mol. The molecule has 0 aromatic heterocycles. The van der Waals surface area contributed by atoms with Crippen LogP contribution in [0.4, 0.5) is 0 Å². The van der Waals surface area contributed by atoms with Crippen molar-refractivity contribution in [3.8, 4) is 5.75 Å². The van der Waals surface area contributed by atoms with Crippen LogP contribution in [-0.4, -0.2) is 19.7 Å². The third-order valence-electron chi connectivity index (χ3n) is 3.20. The van der Waals surface area contributed by atoms with Crippen molar-refractivity contribution in [2.24, 2.45) is 5.92 Å². The molecule has 1 aliphatic carbocycles. The first-order chi connectivity index (χ1) is 7.81. The van der Waals surface area contributed by atoms with Gasteiger partial charge in [-0.05, 0) is 57.3 Å². The van der Waals surface area contributed by atoms with Gasteiger partial charge >= 0.3 is 0 Å². The van der Waals surface area contributed by atoms with E-state index >= 15 is 0 Å². The molecule has 1 aromatic carbocycles. The molecule has 0 bridgehead atoms. The number of benzene rings is 1. The molecule has 16 heavy (non-hydrogen) atoms. The Labute approximate surface area is 98.0 Å². The summed E-state index contributed by atoms with van der Waals surface area (Å²) in [6.45, 7) is 3.14. The lowest BCUT2D eigenvalue weighted by atomic mass is 10.1. The number of hydrogen-bond acceptors (Lipinski definition) is 2. The Morgan fingerprint density at radius 1 is 1.38 bits per heavy atom. The molecule has 0 amide bonds. The number of para-hydroxylation sites is 1. The van der Waals surface area contributed by atoms with Gasteiger partial charge in [-0.15, -0.1) is 0 Å². The highest BCUT2D eigenvalue weighted by molar-refractivity contribution is 5.32. The minimum atomic E-state index is 0.397. The maximum Gasteiger partial charge on any atom is 0.122 e. The molecule has 1 unspecified atom stereocenters. The predicted octanol–water partition coefficient (Wildman–Crippen LogP) is 2.76. The molecular weight excluding hydrogens is 198 g/mol. The Kier molecular flexibility index (Phi) is 3.83. The normalized spacial score (nSPS) is 17.1. The van der Waals surface area contributed by atoms with Crippen molar-refractivity contribution in [3.63, 3.8) is 0 Å². The molecule has 1 atom stereocenters. The van der Waals surface area contributed by atoms with Crippen LogP contribution in [-0.2, 0) is 0 Å². The molecule has 1 aromatic rings. The van der Waals surface area contributed by atoms with Gasteiger partial charge in [-0.3, -0.25) is 0 Å². The highest BCUT2D eigenvalue weighted by atomic mass is 16.5. The molecule has 2 rings (SSSR count). The van der Waals surface area contributed by atoms with Gasteiger partial charge in [0, 0.05) is 0 Å². The molecule has 88 valence electrons. The molecule has 2 heteroatoms. The van der Waals surface area contributed by atoms with E-state index in [0.717, 1.165) is 24.6 Å². The monoisotopic (exact) mass is 219 g/mol. The molecule has 1 fully saturated rings. The first-order valence-corrected chi connectivity index (χ1v) is 6.18. The van der Waals surface area contributed by atoms with Crippen molar-refractivity contribution >= 4 is 0 Å². The average molecular weight is 219 g/mol. The van der Waals surface area contributed by atoms with Gasteiger partial charge in [-0.1, -0.05) is 18.2 Å². The summed E-state index contributed by atoms with van der Waals surface area (Å²) < 4.78 is 6.13. The molecular formula is C14H21NO. The average Bonchev–Trinajstić information content (AvgIpc) is 3.10. The van der Waals surface area contributed by atoms with Crippen LogP contribution < -0.4 is 10.1 Å². The Bertz CT molecular complexity index is 333. The molecule has 1 aliphatic rings. The van der Waals surface area contributed by atoms with E-state index < -0.39 is 0 Å². The largest absolute Gasteiger partial charge is 0.490 e. The van der Waals surface area contributed by atoms with Crippen molar-refractivity contribution in [2.45, 2.75) is 32.3 Å². The number of nitrogens with one attached hydrogen (secondary N) is 1. The van der Waals surface area contributed by atoms with E-state index in [9.17, 15) is 0 Å². The van der Waals surface area contributed by atoms with Gasteiger partial charge in [0.1, 0.15) is 11.9 Å². The second-order valence-electron chi connectivity index (χ2n) is 4.65. The number of rotatable bonds is 6. The number of aryl methyl sites for hydroxylation is 1. The lowest BCUT2D eigenvalue weighted by Gasteiger charge is -2.19. The molecule has 1 N–H and O–H groups in total. The van der Waals surface area contributed by atoms with Crippen molar-refractivity contribution in [1.29, 1.82) is 0 Å². The summed E-state index contributed by atoms with van der Waals surface area (Å²) in [6, 6.07) is 8.29. The second-order valence-corrected chi connectivity index (χ2v) is 4.65. The highest BCUT2D eigenvalue weighted by Crippen LogP contribution is 2.36. The third-order valence-corrected chi connectivity index (χ3v) is 3.20. The van der Waals surface area contributed by atoms with E-state index in [4.69, 9.17) is 4.74 Å². The molecule has 1 saturated carbocycles. The van der Waals surface area contributed by atoms with Gasteiger partial charge in [-0.25, -0.2) is 0 Å². The smallest absolute Gasteiger partial charge is 0.122 e. The zero-order chi connectivity index (χ0) is 11.4. The van der Waals surface area contributed by atoms with Gasteiger partial charge in [0.2, 0.25) is 0 Å². The van der Waals surface area contributed by atoms with Crippen LogP contribution in [0.1, 0.15) is 24.8 Å². The Morgan fingerprint density at radius 2 is 2.12 bits per heavy atom. The summed E-state index contributed by atoms with van der Waals surface area (Å²) in [5.74, 6) is 1.84. The summed E-state index contributed by atoms with van der Waals surface area (Å²) in [7, 11) is 2.00. The van der Waals surface area contributed by atoms with Crippen LogP contribution >= 0.6 is 0 Å². The van der Waals surface area contributed by atoms with E-state index in [1.54, 1.807) is 0 Å². The first kappa shape index (κ1) is 11.5. The molecule has 2 nitrogen and oxygen atoms in total. The summed E-state index contributed by atoms with van der Waals surface area (Å²) in [4.78, 5) is 0. The van der Waals surface area contributed by atoms with E-state index in [2.05, 4.69) is 30.4 Å². The summed E-state index contributed by atoms with van der Waals surface area (Å²) in [5, 5.41) is 3.20. The van der Waals surface area contributed by atoms with E-state index in [0.29, 0.717) is 6.10 Å². The number of ether oxygens (including phenoxy) is 1. The van der Waals surface area contributed by atoms with Crippen molar-refractivity contribution < 1.29 is 4.74 Å². The van der Waals surface area contributed by atoms with Crippen LogP contribution in [0.3, 0.4) is 0 Å². The Balaban J connectivity index is 1.97. The fourth-order valence-corrected chi connectivity index (χ4v) is 2.00. The van der Waals surface area contributed by atoms with E-state index in [1.807, 2.05) is 13.1 Å². The highest BCUT2D eigenvalue weighted by Gasteiger charge is 2.32. The maximum absolute atomic E-state index is 6.13. The lowest BCUT2D eigenvalue weighted by Crippen LogP contribution is -2.24. The van der Waals surface area contributed by atoms with E-state index in [1.165, 1.54) is 18.4 Å². The fraction of sp³-hybridized carbons (Fsp3) is 0.571. The summed E-state index contributed by atoms with van der Waals surface area (Å²) in [6.07, 6.45) is 4.17. The van der Waals surface area contributed by atoms with Gasteiger partial charge in [0.25, 0.3) is 0 Å². The molecule has 0 saturated heterocycles. The van der Waals surface area contributed by atoms with Gasteiger partial charge in [-0.2, -0.15) is 0 Å². The Hall–Kier alpha value is -1.02. The topological polar surface area (TPSA) is 21.3 Å². The van der Waals surface area contributed by atoms with Gasteiger partial charge in [0.15, 0.2) is 0 Å². The standard InChI is InChI=1S/C14H21NO/c1-11-5-3-4-6-13(11)16-14(9-10-15-2)12-7-8-12/h3-6,12,14-15H,7-10H2,1-2H3. The molecule has 0 heterocycles. The van der Waals surface area contributed by atoms with Crippen LogP contribution in [0, 0.1) is 12.8 Å². The lowest BCUT2D eigenvalue weighted by molar-refractivity contribution is 0.167. The SMILES string of the molecule is CNCCC(Oc1ccccc1C)C1CC1. The first-order valence-electron chi connectivity index (χ1n) is 6.18. The Morgan fingerprint density at radius 3 is 2.75 bits per heavy atom. The van der Waals surface area contributed by atoms with Gasteiger partial charge < -0.3 is 10.1 Å². The van der Waals surface area contributed by atoms with Crippen LogP contribution in [0.5, 0.6) is 5.75 Å². The van der Waals surface area contributed by atoms with Crippen LogP contribution in [0.2, 0.25) is 0 Å². The van der Waals surface area contributed by atoms with Crippen molar-refractivity contribution in [2.75, 3.05) is 13.6 Å².